The highest BCUT2D eigenvalue weighted by molar-refractivity contribution is 5.87. The normalized spacial score (nSPS) is 17.7. The van der Waals surface area contributed by atoms with Gasteiger partial charge in [0.1, 0.15) is 23.8 Å². The summed E-state index contributed by atoms with van der Waals surface area (Å²) in [5.41, 5.74) is 9.18. The molecule has 0 aliphatic carbocycles. The molecule has 0 unspecified atom stereocenters. The average Bonchev–Trinajstić information content (AvgIpc) is 2.84. The van der Waals surface area contributed by atoms with Crippen LogP contribution in [0.2, 0.25) is 0 Å². The Morgan fingerprint density at radius 3 is 2.26 bits per heavy atom. The Labute approximate surface area is 203 Å². The number of nitrogens with zero attached hydrogens (tertiary/aromatic N) is 5. The number of anilines is 2. The predicted molar refractivity (Wildman–Crippen MR) is 133 cm³/mol. The van der Waals surface area contributed by atoms with E-state index in [-0.39, 0.29) is 11.9 Å². The van der Waals surface area contributed by atoms with E-state index in [1.807, 2.05) is 12.1 Å². The quantitative estimate of drug-likeness (QED) is 0.537. The molecular formula is C26H29FN6O2. The maximum absolute atomic E-state index is 13.5. The number of nitrogens with two attached hydrogens (primary N) is 1. The van der Waals surface area contributed by atoms with Crippen LogP contribution in [-0.2, 0) is 0 Å². The van der Waals surface area contributed by atoms with Crippen molar-refractivity contribution in [2.45, 2.75) is 12.5 Å². The molecule has 3 N–H and O–H groups in total. The molecule has 9 heteroatoms. The summed E-state index contributed by atoms with van der Waals surface area (Å²) in [6.45, 7) is 6.30. The second-order valence-corrected chi connectivity index (χ2v) is 9.08. The van der Waals surface area contributed by atoms with Crippen LogP contribution >= 0.6 is 0 Å². The van der Waals surface area contributed by atoms with Gasteiger partial charge in [-0.3, -0.25) is 4.90 Å². The number of halogens is 1. The molecule has 3 heterocycles. The molecule has 0 saturated carbocycles. The summed E-state index contributed by atoms with van der Waals surface area (Å²) in [5, 5.41) is 9.27. The number of rotatable bonds is 7. The van der Waals surface area contributed by atoms with E-state index in [1.54, 1.807) is 24.3 Å². The molecule has 2 fully saturated rings. The first kappa shape index (κ1) is 23.2. The van der Waals surface area contributed by atoms with Crippen molar-refractivity contribution in [2.24, 2.45) is 0 Å². The largest absolute Gasteiger partial charge is 0.478 e. The zero-order chi connectivity index (χ0) is 24.4. The number of aromatic nitrogens is 2. The Hall–Kier alpha value is -3.56. The lowest BCUT2D eigenvalue weighted by Gasteiger charge is -2.43. The van der Waals surface area contributed by atoms with Crippen molar-refractivity contribution in [2.75, 3.05) is 56.4 Å². The molecule has 0 spiro atoms. The molecule has 2 aliphatic rings. The van der Waals surface area contributed by atoms with E-state index in [0.717, 1.165) is 68.3 Å². The summed E-state index contributed by atoms with van der Waals surface area (Å²) in [6, 6.07) is 13.7. The van der Waals surface area contributed by atoms with Crippen molar-refractivity contribution >= 4 is 17.6 Å². The molecule has 35 heavy (non-hydrogen) atoms. The smallest absolute Gasteiger partial charge is 0.335 e. The minimum atomic E-state index is -0.912. The molecule has 2 saturated heterocycles. The number of nitrogen functional groups attached to an aromatic ring is 1. The summed E-state index contributed by atoms with van der Waals surface area (Å²) < 4.78 is 13.5. The summed E-state index contributed by atoms with van der Waals surface area (Å²) in [4.78, 5) is 27.1. The van der Waals surface area contributed by atoms with Crippen LogP contribution in [0.4, 0.5) is 16.0 Å². The lowest BCUT2D eigenvalue weighted by molar-refractivity contribution is 0.0696. The number of hydrogen-bond acceptors (Lipinski definition) is 7. The van der Waals surface area contributed by atoms with E-state index in [2.05, 4.69) is 24.7 Å². The minimum absolute atomic E-state index is 0.187. The van der Waals surface area contributed by atoms with Crippen molar-refractivity contribution in [3.8, 4) is 11.1 Å². The molecule has 3 aromatic rings. The van der Waals surface area contributed by atoms with Crippen LogP contribution < -0.4 is 10.6 Å². The number of carboxylic acids is 1. The third-order valence-corrected chi connectivity index (χ3v) is 6.97. The Balaban J connectivity index is 1.35. The molecule has 2 aromatic carbocycles. The van der Waals surface area contributed by atoms with E-state index in [0.29, 0.717) is 11.4 Å². The highest BCUT2D eigenvalue weighted by Gasteiger charge is 2.30. The molecule has 0 radical (unpaired) electrons. The highest BCUT2D eigenvalue weighted by Crippen LogP contribution is 2.34. The zero-order valence-corrected chi connectivity index (χ0v) is 19.5. The summed E-state index contributed by atoms with van der Waals surface area (Å²) >= 11 is 0. The van der Waals surface area contributed by atoms with Crippen LogP contribution in [0, 0.1) is 5.82 Å². The molecule has 1 aromatic heterocycles. The fraction of sp³-hybridized carbons (Fsp3) is 0.346. The van der Waals surface area contributed by atoms with Gasteiger partial charge >= 0.3 is 5.97 Å². The van der Waals surface area contributed by atoms with Crippen LogP contribution in [0.3, 0.4) is 0 Å². The maximum Gasteiger partial charge on any atom is 0.335 e. The minimum Gasteiger partial charge on any atom is -0.478 e. The van der Waals surface area contributed by atoms with Crippen molar-refractivity contribution in [1.82, 2.24) is 19.8 Å². The van der Waals surface area contributed by atoms with Gasteiger partial charge in [0.2, 0.25) is 0 Å². The molecule has 0 amide bonds. The molecule has 1 atom stereocenters. The number of aromatic carboxylic acids is 1. The van der Waals surface area contributed by atoms with Gasteiger partial charge in [-0.15, -0.1) is 0 Å². The third-order valence-electron chi connectivity index (χ3n) is 6.97. The van der Waals surface area contributed by atoms with Crippen LogP contribution in [0.25, 0.3) is 11.1 Å². The fourth-order valence-corrected chi connectivity index (χ4v) is 4.86. The van der Waals surface area contributed by atoms with Gasteiger partial charge in [-0.2, -0.15) is 0 Å². The summed E-state index contributed by atoms with van der Waals surface area (Å²) in [7, 11) is 0. The predicted octanol–water partition coefficient (Wildman–Crippen LogP) is 3.13. The van der Waals surface area contributed by atoms with E-state index < -0.39 is 5.97 Å². The van der Waals surface area contributed by atoms with Crippen LogP contribution in [-0.4, -0.2) is 76.7 Å². The van der Waals surface area contributed by atoms with Crippen molar-refractivity contribution in [1.29, 1.82) is 0 Å². The topological polar surface area (TPSA) is 98.8 Å². The SMILES string of the molecule is Nc1ncnc(N2CCN([C@H](CN3CCC3)c3ccc(C(=O)O)cc3)CC2)c1-c1ccc(F)cc1. The number of likely N-dealkylation sites (tertiary alicyclic amines) is 1. The van der Waals surface area contributed by atoms with Crippen LogP contribution in [0.5, 0.6) is 0 Å². The van der Waals surface area contributed by atoms with E-state index in [1.165, 1.54) is 24.9 Å². The molecule has 2 aliphatic heterocycles. The number of carbonyl (C=O) groups is 1. The Kier molecular flexibility index (Phi) is 6.61. The second kappa shape index (κ2) is 9.97. The van der Waals surface area contributed by atoms with Gasteiger partial charge in [0.25, 0.3) is 0 Å². The van der Waals surface area contributed by atoms with Crippen LogP contribution in [0.1, 0.15) is 28.4 Å². The second-order valence-electron chi connectivity index (χ2n) is 9.08. The molecule has 5 rings (SSSR count). The van der Waals surface area contributed by atoms with Gasteiger partial charge in [0.05, 0.1) is 11.1 Å². The van der Waals surface area contributed by atoms with Gasteiger partial charge in [0.15, 0.2) is 0 Å². The van der Waals surface area contributed by atoms with E-state index in [4.69, 9.17) is 5.73 Å². The van der Waals surface area contributed by atoms with Crippen molar-refractivity contribution in [3.05, 3.63) is 71.8 Å². The molecular weight excluding hydrogens is 447 g/mol. The number of carboxylic acid groups (broad SMARTS) is 1. The first-order valence-electron chi connectivity index (χ1n) is 11.9. The van der Waals surface area contributed by atoms with Gasteiger partial charge in [-0.05, 0) is 54.9 Å². The first-order chi connectivity index (χ1) is 17.0. The van der Waals surface area contributed by atoms with Crippen molar-refractivity contribution in [3.63, 3.8) is 0 Å². The monoisotopic (exact) mass is 476 g/mol. The molecule has 8 nitrogen and oxygen atoms in total. The standard InChI is InChI=1S/C26H29FN6O2/c27-21-8-6-19(7-9-21)23-24(28)29-17-30-25(23)33-14-12-32(13-15-33)22(16-31-10-1-11-31)18-2-4-20(5-3-18)26(34)35/h2-9,17,22H,1,10-16H2,(H,34,35)(H2,28,29,30)/t22-/m1/s1. The lowest BCUT2D eigenvalue weighted by Crippen LogP contribution is -2.51. The van der Waals surface area contributed by atoms with Crippen LogP contribution in [0.15, 0.2) is 54.9 Å². The number of piperazine rings is 1. The fourth-order valence-electron chi connectivity index (χ4n) is 4.86. The Morgan fingerprint density at radius 1 is 0.971 bits per heavy atom. The van der Waals surface area contributed by atoms with Gasteiger partial charge < -0.3 is 20.6 Å². The Bertz CT molecular complexity index is 1180. The van der Waals surface area contributed by atoms with E-state index in [9.17, 15) is 14.3 Å². The van der Waals surface area contributed by atoms with Crippen molar-refractivity contribution < 1.29 is 14.3 Å². The Morgan fingerprint density at radius 2 is 1.66 bits per heavy atom. The van der Waals surface area contributed by atoms with Gasteiger partial charge in [-0.1, -0.05) is 24.3 Å². The number of hydrogen-bond donors (Lipinski definition) is 2. The van der Waals surface area contributed by atoms with Gasteiger partial charge in [0, 0.05) is 38.8 Å². The molecule has 0 bridgehead atoms. The lowest BCUT2D eigenvalue weighted by atomic mass is 10.00. The maximum atomic E-state index is 13.5. The summed E-state index contributed by atoms with van der Waals surface area (Å²) in [5.74, 6) is -0.0819. The highest BCUT2D eigenvalue weighted by atomic mass is 19.1. The third kappa shape index (κ3) is 4.96. The molecule has 182 valence electrons. The van der Waals surface area contributed by atoms with E-state index >= 15 is 0 Å². The number of benzene rings is 2. The zero-order valence-electron chi connectivity index (χ0n) is 19.5. The average molecular weight is 477 g/mol. The first-order valence-corrected chi connectivity index (χ1v) is 11.9. The van der Waals surface area contributed by atoms with Gasteiger partial charge in [-0.25, -0.2) is 19.2 Å². The summed E-state index contributed by atoms with van der Waals surface area (Å²) in [6.07, 6.45) is 2.69.